The van der Waals surface area contributed by atoms with E-state index in [4.69, 9.17) is 19.3 Å². The summed E-state index contributed by atoms with van der Waals surface area (Å²) in [5, 5.41) is 10.6. The van der Waals surface area contributed by atoms with Gasteiger partial charge in [-0.15, -0.1) is 0 Å². The number of benzene rings is 1. The molecule has 1 fully saturated rings. The molecule has 1 atom stereocenters. The molecule has 2 aromatic heterocycles. The molecular formula is C24H25N3O7S2. The molecule has 10 nitrogen and oxygen atoms in total. The van der Waals surface area contributed by atoms with E-state index >= 15 is 0 Å². The average Bonchev–Trinajstić information content (AvgIpc) is 3.46. The van der Waals surface area contributed by atoms with E-state index in [0.717, 1.165) is 40.7 Å². The fourth-order valence-corrected chi connectivity index (χ4v) is 5.71. The van der Waals surface area contributed by atoms with Gasteiger partial charge in [0.15, 0.2) is 14.9 Å². The van der Waals surface area contributed by atoms with E-state index in [-0.39, 0.29) is 22.8 Å². The maximum atomic E-state index is 11.7. The molecular weight excluding hydrogens is 506 g/mol. The Kier molecular flexibility index (Phi) is 6.91. The predicted molar refractivity (Wildman–Crippen MR) is 135 cm³/mol. The molecule has 0 bridgehead atoms. The van der Waals surface area contributed by atoms with E-state index in [9.17, 15) is 13.2 Å². The SMILES string of the molecule is CS(=O)(=O)c1ccc(Oc2cc(OC3CCOCC3)c3[nH]c(C4=NCC(CC(=O)O)S4)cc3c2)cn1. The van der Waals surface area contributed by atoms with Crippen molar-refractivity contribution in [1.82, 2.24) is 9.97 Å². The maximum Gasteiger partial charge on any atom is 0.304 e. The van der Waals surface area contributed by atoms with Crippen molar-refractivity contribution in [2.75, 3.05) is 26.0 Å². The molecule has 12 heteroatoms. The zero-order valence-electron chi connectivity index (χ0n) is 19.5. The van der Waals surface area contributed by atoms with Crippen LogP contribution in [0.3, 0.4) is 0 Å². The number of nitrogens with zero attached hydrogens (tertiary/aromatic N) is 2. The number of pyridine rings is 1. The van der Waals surface area contributed by atoms with Crippen molar-refractivity contribution in [3.8, 4) is 17.2 Å². The number of H-pyrrole nitrogens is 1. The summed E-state index contributed by atoms with van der Waals surface area (Å²) in [5.41, 5.74) is 1.58. The molecule has 2 aliphatic rings. The lowest BCUT2D eigenvalue weighted by molar-refractivity contribution is -0.136. The number of aliphatic imine (C=N–C) groups is 1. The molecule has 0 aliphatic carbocycles. The topological polar surface area (TPSA) is 140 Å². The molecule has 2 aliphatic heterocycles. The quantitative estimate of drug-likeness (QED) is 0.446. The van der Waals surface area contributed by atoms with Crippen LogP contribution in [0.15, 0.2) is 46.5 Å². The van der Waals surface area contributed by atoms with Gasteiger partial charge < -0.3 is 24.3 Å². The molecule has 2 N–H and O–H groups in total. The van der Waals surface area contributed by atoms with E-state index < -0.39 is 15.8 Å². The second kappa shape index (κ2) is 10.1. The van der Waals surface area contributed by atoms with Gasteiger partial charge in [-0.1, -0.05) is 11.8 Å². The van der Waals surface area contributed by atoms with Crippen molar-refractivity contribution >= 4 is 43.5 Å². The van der Waals surface area contributed by atoms with Crippen molar-refractivity contribution in [2.45, 2.75) is 35.6 Å². The lowest BCUT2D eigenvalue weighted by Crippen LogP contribution is -2.25. The highest BCUT2D eigenvalue weighted by Gasteiger charge is 2.25. The molecule has 1 aromatic carbocycles. The highest BCUT2D eigenvalue weighted by atomic mass is 32.2. The van der Waals surface area contributed by atoms with Gasteiger partial charge in [-0.05, 0) is 24.3 Å². The van der Waals surface area contributed by atoms with Gasteiger partial charge in [-0.25, -0.2) is 13.4 Å². The van der Waals surface area contributed by atoms with Gasteiger partial charge in [-0.3, -0.25) is 9.79 Å². The first-order valence-corrected chi connectivity index (χ1v) is 14.2. The third-order valence-electron chi connectivity index (χ3n) is 5.80. The Morgan fingerprint density at radius 1 is 1.22 bits per heavy atom. The number of ether oxygens (including phenoxy) is 3. The molecule has 5 rings (SSSR count). The van der Waals surface area contributed by atoms with Crippen molar-refractivity contribution in [2.24, 2.45) is 4.99 Å². The smallest absolute Gasteiger partial charge is 0.304 e. The first-order chi connectivity index (χ1) is 17.2. The number of hydrogen-bond acceptors (Lipinski definition) is 9. The maximum absolute atomic E-state index is 11.7. The van der Waals surface area contributed by atoms with Crippen LogP contribution in [-0.2, 0) is 19.4 Å². The Balaban J connectivity index is 1.45. The summed E-state index contributed by atoms with van der Waals surface area (Å²) >= 11 is 1.45. The van der Waals surface area contributed by atoms with Crippen LogP contribution < -0.4 is 9.47 Å². The van der Waals surface area contributed by atoms with Crippen molar-refractivity contribution in [1.29, 1.82) is 0 Å². The summed E-state index contributed by atoms with van der Waals surface area (Å²) in [6.07, 6.45) is 4.07. The first kappa shape index (κ1) is 24.6. The number of carbonyl (C=O) groups is 1. The van der Waals surface area contributed by atoms with Crippen molar-refractivity contribution < 1.29 is 32.5 Å². The van der Waals surface area contributed by atoms with E-state index in [0.29, 0.717) is 37.0 Å². The van der Waals surface area contributed by atoms with E-state index in [1.807, 2.05) is 12.1 Å². The summed E-state index contributed by atoms with van der Waals surface area (Å²) in [7, 11) is -3.41. The Morgan fingerprint density at radius 2 is 2.03 bits per heavy atom. The van der Waals surface area contributed by atoms with Crippen LogP contribution in [0.25, 0.3) is 10.9 Å². The van der Waals surface area contributed by atoms with Gasteiger partial charge >= 0.3 is 5.97 Å². The van der Waals surface area contributed by atoms with E-state index in [1.54, 1.807) is 12.1 Å². The molecule has 0 amide bonds. The Labute approximate surface area is 212 Å². The Bertz CT molecular complexity index is 1410. The van der Waals surface area contributed by atoms with Gasteiger partial charge in [0.05, 0.1) is 43.6 Å². The molecule has 0 spiro atoms. The third-order valence-corrected chi connectivity index (χ3v) is 8.02. The number of carboxylic acids is 1. The molecule has 1 unspecified atom stereocenters. The zero-order chi connectivity index (χ0) is 25.3. The number of aliphatic carboxylic acids is 1. The van der Waals surface area contributed by atoms with Crippen LogP contribution in [0, 0.1) is 0 Å². The highest BCUT2D eigenvalue weighted by molar-refractivity contribution is 8.15. The Hall–Kier alpha value is -3.09. The summed E-state index contributed by atoms with van der Waals surface area (Å²) in [4.78, 5) is 23.0. The zero-order valence-corrected chi connectivity index (χ0v) is 21.1. The van der Waals surface area contributed by atoms with Gasteiger partial charge in [0.25, 0.3) is 0 Å². The van der Waals surface area contributed by atoms with Crippen LogP contribution in [0.5, 0.6) is 17.2 Å². The van der Waals surface area contributed by atoms with Crippen LogP contribution in [0.4, 0.5) is 0 Å². The number of aromatic nitrogens is 2. The summed E-state index contributed by atoms with van der Waals surface area (Å²) in [5.74, 6) is 0.677. The Morgan fingerprint density at radius 3 is 2.72 bits per heavy atom. The van der Waals surface area contributed by atoms with Crippen LogP contribution in [0.1, 0.15) is 25.0 Å². The number of aromatic amines is 1. The first-order valence-electron chi connectivity index (χ1n) is 11.4. The minimum atomic E-state index is -3.41. The van der Waals surface area contributed by atoms with Crippen LogP contribution in [0.2, 0.25) is 0 Å². The molecule has 1 saturated heterocycles. The monoisotopic (exact) mass is 531 g/mol. The molecule has 3 aromatic rings. The van der Waals surface area contributed by atoms with Gasteiger partial charge in [-0.2, -0.15) is 0 Å². The molecule has 0 saturated carbocycles. The fourth-order valence-electron chi connectivity index (χ4n) is 4.07. The van der Waals surface area contributed by atoms with Gasteiger partial charge in [0, 0.05) is 35.8 Å². The number of sulfone groups is 1. The number of fused-ring (bicyclic) bond motifs is 1. The summed E-state index contributed by atoms with van der Waals surface area (Å²) in [6.45, 7) is 1.73. The lowest BCUT2D eigenvalue weighted by Gasteiger charge is -2.24. The van der Waals surface area contributed by atoms with Gasteiger partial charge in [0.1, 0.15) is 28.4 Å². The summed E-state index contributed by atoms with van der Waals surface area (Å²) in [6, 6.07) is 8.55. The number of rotatable bonds is 8. The van der Waals surface area contributed by atoms with Crippen LogP contribution in [-0.4, -0.2) is 71.9 Å². The summed E-state index contributed by atoms with van der Waals surface area (Å²) < 4.78 is 41.2. The number of hydrogen-bond donors (Lipinski definition) is 2. The molecule has 190 valence electrons. The second-order valence-corrected chi connectivity index (χ2v) is 11.9. The number of nitrogens with one attached hydrogen (secondary N) is 1. The number of carboxylic acid groups (broad SMARTS) is 1. The standard InChI is InChI=1S/C24H25N3O7S2/c1-36(30,31)21-3-2-16(12-25-21)33-17-8-14-9-19(24-26-13-18(35-24)11-22(28)29)27-23(14)20(10-17)34-15-4-6-32-7-5-15/h2-3,8-10,12,15,18,27H,4-7,11,13H2,1H3,(H,28,29). The van der Waals surface area contributed by atoms with E-state index in [2.05, 4.69) is 15.0 Å². The molecule has 36 heavy (non-hydrogen) atoms. The van der Waals surface area contributed by atoms with E-state index in [1.165, 1.54) is 24.0 Å². The highest BCUT2D eigenvalue weighted by Crippen LogP contribution is 2.37. The largest absolute Gasteiger partial charge is 0.488 e. The molecule has 0 radical (unpaired) electrons. The van der Waals surface area contributed by atoms with Gasteiger partial charge in [0.2, 0.25) is 0 Å². The lowest BCUT2D eigenvalue weighted by atomic mass is 10.1. The van der Waals surface area contributed by atoms with Crippen molar-refractivity contribution in [3.63, 3.8) is 0 Å². The minimum Gasteiger partial charge on any atom is -0.488 e. The fraction of sp³-hybridized carbons (Fsp3) is 0.375. The van der Waals surface area contributed by atoms with Crippen LogP contribution >= 0.6 is 11.8 Å². The number of thioether (sulfide) groups is 1. The predicted octanol–water partition coefficient (Wildman–Crippen LogP) is 3.65. The van der Waals surface area contributed by atoms with Crippen molar-refractivity contribution in [3.05, 3.63) is 42.2 Å². The molecule has 4 heterocycles. The second-order valence-electron chi connectivity index (χ2n) is 8.69. The minimum absolute atomic E-state index is 0.00203. The third kappa shape index (κ3) is 5.66. The normalized spacial score (nSPS) is 18.8. The average molecular weight is 532 g/mol.